The number of anilines is 1. The van der Waals surface area contributed by atoms with Crippen LogP contribution in [0.25, 0.3) is 6.08 Å². The van der Waals surface area contributed by atoms with E-state index in [0.29, 0.717) is 17.0 Å². The monoisotopic (exact) mass is 356 g/mol. The Hall–Kier alpha value is -3.13. The van der Waals surface area contributed by atoms with E-state index >= 15 is 0 Å². The fraction of sp³-hybridized carbons (Fsp3) is 0.0588. The molecule has 25 heavy (non-hydrogen) atoms. The molecule has 126 valence electrons. The topological polar surface area (TPSA) is 89.8 Å². The average molecular weight is 356 g/mol. The zero-order valence-electron chi connectivity index (χ0n) is 13.0. The molecule has 1 fully saturated rings. The van der Waals surface area contributed by atoms with E-state index in [1.165, 1.54) is 37.5 Å². The molecule has 1 aliphatic heterocycles. The number of imide groups is 1. The molecular weight excluding hydrogens is 344 g/mol. The van der Waals surface area contributed by atoms with Gasteiger partial charge in [0.05, 0.1) is 22.6 Å². The van der Waals surface area contributed by atoms with Crippen molar-refractivity contribution in [3.05, 3.63) is 69.1 Å². The van der Waals surface area contributed by atoms with Crippen molar-refractivity contribution < 1.29 is 19.2 Å². The molecular formula is C17H12N2O5S. The van der Waals surface area contributed by atoms with E-state index in [0.717, 1.165) is 16.7 Å². The first-order chi connectivity index (χ1) is 12.0. The predicted molar refractivity (Wildman–Crippen MR) is 94.5 cm³/mol. The summed E-state index contributed by atoms with van der Waals surface area (Å²) in [4.78, 5) is 36.4. The second-order valence-electron chi connectivity index (χ2n) is 5.04. The summed E-state index contributed by atoms with van der Waals surface area (Å²) in [6, 6.07) is 12.5. The van der Waals surface area contributed by atoms with Crippen molar-refractivity contribution in [1.29, 1.82) is 0 Å². The van der Waals surface area contributed by atoms with Crippen molar-refractivity contribution in [3.8, 4) is 5.75 Å². The van der Waals surface area contributed by atoms with Gasteiger partial charge in [-0.3, -0.25) is 19.7 Å². The third kappa shape index (κ3) is 3.24. The smallest absolute Gasteiger partial charge is 0.298 e. The molecule has 0 unspecified atom stereocenters. The number of non-ortho nitro benzene ring substituents is 1. The number of nitrogens with zero attached hydrogens (tertiary/aromatic N) is 2. The highest BCUT2D eigenvalue weighted by atomic mass is 32.2. The highest BCUT2D eigenvalue weighted by molar-refractivity contribution is 8.19. The first-order valence-electron chi connectivity index (χ1n) is 7.16. The van der Waals surface area contributed by atoms with Gasteiger partial charge in [-0.25, -0.2) is 4.90 Å². The first-order valence-corrected chi connectivity index (χ1v) is 7.98. The summed E-state index contributed by atoms with van der Waals surface area (Å²) in [5, 5.41) is 10.3. The second kappa shape index (κ2) is 6.78. The SMILES string of the molecule is COc1ccccc1N1C(=O)S/C(=C\c2ccc([N+](=O)[O-])cc2)C1=O. The molecule has 0 radical (unpaired) electrons. The molecule has 1 saturated heterocycles. The van der Waals surface area contributed by atoms with Gasteiger partial charge in [0.25, 0.3) is 16.8 Å². The summed E-state index contributed by atoms with van der Waals surface area (Å²) in [7, 11) is 1.46. The van der Waals surface area contributed by atoms with Crippen molar-refractivity contribution in [1.82, 2.24) is 0 Å². The van der Waals surface area contributed by atoms with Gasteiger partial charge in [-0.1, -0.05) is 12.1 Å². The number of rotatable bonds is 4. The number of amides is 2. The molecule has 0 spiro atoms. The summed E-state index contributed by atoms with van der Waals surface area (Å²) in [5.74, 6) is -0.0424. The number of benzene rings is 2. The Morgan fingerprint density at radius 2 is 1.80 bits per heavy atom. The van der Waals surface area contributed by atoms with Gasteiger partial charge in [0.1, 0.15) is 5.75 Å². The van der Waals surface area contributed by atoms with E-state index in [1.54, 1.807) is 24.3 Å². The number of thioether (sulfide) groups is 1. The predicted octanol–water partition coefficient (Wildman–Crippen LogP) is 3.84. The average Bonchev–Trinajstić information content (AvgIpc) is 2.89. The standard InChI is InChI=1S/C17H12N2O5S/c1-24-14-5-3-2-4-13(14)18-16(20)15(25-17(18)21)10-11-6-8-12(9-7-11)19(22)23/h2-10H,1H3/b15-10-. The number of nitro groups is 1. The lowest BCUT2D eigenvalue weighted by atomic mass is 10.2. The molecule has 8 heteroatoms. The van der Waals surface area contributed by atoms with Crippen LogP contribution < -0.4 is 9.64 Å². The molecule has 0 atom stereocenters. The lowest BCUT2D eigenvalue weighted by Gasteiger charge is -2.15. The van der Waals surface area contributed by atoms with Crippen LogP contribution >= 0.6 is 11.8 Å². The number of carbonyl (C=O) groups is 2. The highest BCUT2D eigenvalue weighted by Gasteiger charge is 2.37. The summed E-state index contributed by atoms with van der Waals surface area (Å²) >= 11 is 0.810. The zero-order chi connectivity index (χ0) is 18.0. The van der Waals surface area contributed by atoms with Gasteiger partial charge in [-0.05, 0) is 47.7 Å². The summed E-state index contributed by atoms with van der Waals surface area (Å²) in [6.45, 7) is 0. The van der Waals surface area contributed by atoms with Crippen LogP contribution in [-0.2, 0) is 4.79 Å². The van der Waals surface area contributed by atoms with E-state index in [-0.39, 0.29) is 10.6 Å². The molecule has 0 bridgehead atoms. The Kier molecular flexibility index (Phi) is 4.53. The van der Waals surface area contributed by atoms with Gasteiger partial charge in [0.15, 0.2) is 0 Å². The molecule has 1 aliphatic rings. The van der Waals surface area contributed by atoms with Gasteiger partial charge in [0.2, 0.25) is 0 Å². The van der Waals surface area contributed by atoms with Crippen LogP contribution in [0.5, 0.6) is 5.75 Å². The summed E-state index contributed by atoms with van der Waals surface area (Å²) in [6.07, 6.45) is 1.53. The molecule has 0 saturated carbocycles. The van der Waals surface area contributed by atoms with Gasteiger partial charge in [-0.2, -0.15) is 0 Å². The largest absolute Gasteiger partial charge is 0.495 e. The van der Waals surface area contributed by atoms with Crippen molar-refractivity contribution >= 4 is 40.4 Å². The van der Waals surface area contributed by atoms with Crippen molar-refractivity contribution in [2.75, 3.05) is 12.0 Å². The van der Waals surface area contributed by atoms with Crippen LogP contribution in [-0.4, -0.2) is 23.2 Å². The minimum Gasteiger partial charge on any atom is -0.495 e. The second-order valence-corrected chi connectivity index (χ2v) is 6.03. The third-order valence-electron chi connectivity index (χ3n) is 3.52. The van der Waals surface area contributed by atoms with E-state index in [1.807, 2.05) is 0 Å². The molecule has 2 aromatic carbocycles. The van der Waals surface area contributed by atoms with Gasteiger partial charge in [0, 0.05) is 12.1 Å². The Labute approximate surface area is 147 Å². The van der Waals surface area contributed by atoms with Crippen molar-refractivity contribution in [2.24, 2.45) is 0 Å². The molecule has 1 heterocycles. The maximum absolute atomic E-state index is 12.6. The maximum atomic E-state index is 12.6. The number of ether oxygens (including phenoxy) is 1. The molecule has 3 rings (SSSR count). The van der Waals surface area contributed by atoms with Gasteiger partial charge in [-0.15, -0.1) is 0 Å². The first kappa shape index (κ1) is 16.7. The quantitative estimate of drug-likeness (QED) is 0.470. The van der Waals surface area contributed by atoms with Crippen molar-refractivity contribution in [3.63, 3.8) is 0 Å². The number of para-hydroxylation sites is 2. The van der Waals surface area contributed by atoms with Gasteiger partial charge >= 0.3 is 0 Å². The molecule has 2 aromatic rings. The number of methoxy groups -OCH3 is 1. The fourth-order valence-corrected chi connectivity index (χ4v) is 3.17. The molecule has 0 aromatic heterocycles. The van der Waals surface area contributed by atoms with E-state index < -0.39 is 16.1 Å². The summed E-state index contributed by atoms with van der Waals surface area (Å²) in [5.41, 5.74) is 0.926. The van der Waals surface area contributed by atoms with E-state index in [2.05, 4.69) is 0 Å². The number of hydrogen-bond acceptors (Lipinski definition) is 6. The van der Waals surface area contributed by atoms with Crippen LogP contribution in [0.3, 0.4) is 0 Å². The molecule has 2 amide bonds. The Morgan fingerprint density at radius 1 is 1.12 bits per heavy atom. The van der Waals surface area contributed by atoms with E-state index in [9.17, 15) is 19.7 Å². The summed E-state index contributed by atoms with van der Waals surface area (Å²) < 4.78 is 5.20. The number of carbonyl (C=O) groups excluding carboxylic acids is 2. The lowest BCUT2D eigenvalue weighted by Crippen LogP contribution is -2.28. The molecule has 0 aliphatic carbocycles. The normalized spacial score (nSPS) is 15.7. The number of hydrogen-bond donors (Lipinski definition) is 0. The van der Waals surface area contributed by atoms with Crippen LogP contribution in [0.1, 0.15) is 5.56 Å². The van der Waals surface area contributed by atoms with E-state index in [4.69, 9.17) is 4.74 Å². The zero-order valence-corrected chi connectivity index (χ0v) is 13.9. The Balaban J connectivity index is 1.92. The Morgan fingerprint density at radius 3 is 2.44 bits per heavy atom. The van der Waals surface area contributed by atoms with Crippen LogP contribution in [0.4, 0.5) is 16.2 Å². The van der Waals surface area contributed by atoms with Crippen molar-refractivity contribution in [2.45, 2.75) is 0 Å². The number of nitro benzene ring substituents is 1. The maximum Gasteiger partial charge on any atom is 0.298 e. The molecule has 0 N–H and O–H groups in total. The fourth-order valence-electron chi connectivity index (χ4n) is 2.33. The highest BCUT2D eigenvalue weighted by Crippen LogP contribution is 2.39. The molecule has 7 nitrogen and oxygen atoms in total. The van der Waals surface area contributed by atoms with Crippen LogP contribution in [0.15, 0.2) is 53.4 Å². The Bertz CT molecular complexity index is 892. The minimum absolute atomic E-state index is 0.0423. The minimum atomic E-state index is -0.501. The van der Waals surface area contributed by atoms with Crippen LogP contribution in [0.2, 0.25) is 0 Å². The van der Waals surface area contributed by atoms with Gasteiger partial charge < -0.3 is 4.74 Å². The lowest BCUT2D eigenvalue weighted by molar-refractivity contribution is -0.384. The van der Waals surface area contributed by atoms with Crippen LogP contribution in [0, 0.1) is 10.1 Å². The third-order valence-corrected chi connectivity index (χ3v) is 4.39.